The van der Waals surface area contributed by atoms with E-state index < -0.39 is 5.54 Å². The fraction of sp³-hybridized carbons (Fsp3) is 0.882. The molecule has 0 spiro atoms. The molecule has 0 aromatic carbocycles. The van der Waals surface area contributed by atoms with Crippen molar-refractivity contribution in [3.8, 4) is 0 Å². The Labute approximate surface area is 147 Å². The van der Waals surface area contributed by atoms with Crippen LogP contribution in [0.2, 0.25) is 0 Å². The van der Waals surface area contributed by atoms with Gasteiger partial charge in [0.25, 0.3) is 0 Å². The van der Waals surface area contributed by atoms with Gasteiger partial charge in [-0.2, -0.15) is 0 Å². The van der Waals surface area contributed by atoms with Crippen LogP contribution in [-0.4, -0.2) is 41.4 Å². The van der Waals surface area contributed by atoms with Gasteiger partial charge in [-0.3, -0.25) is 9.59 Å². The van der Waals surface area contributed by atoms with Gasteiger partial charge in [0.2, 0.25) is 11.8 Å². The second-order valence-electron chi connectivity index (χ2n) is 6.96. The summed E-state index contributed by atoms with van der Waals surface area (Å²) in [6.45, 7) is 9.18. The molecule has 0 saturated carbocycles. The number of halogens is 1. The number of hydrogen-bond donors (Lipinski definition) is 2. The fourth-order valence-corrected chi connectivity index (χ4v) is 3.23. The van der Waals surface area contributed by atoms with Crippen molar-refractivity contribution < 1.29 is 9.59 Å². The lowest BCUT2D eigenvalue weighted by Crippen LogP contribution is -2.56. The van der Waals surface area contributed by atoms with Crippen LogP contribution in [0.5, 0.6) is 0 Å². The molecule has 0 aliphatic carbocycles. The third-order valence-electron chi connectivity index (χ3n) is 4.45. The molecule has 1 heterocycles. The number of nitrogens with one attached hydrogen (secondary N) is 1. The van der Waals surface area contributed by atoms with Crippen LogP contribution in [0.25, 0.3) is 0 Å². The first-order valence-electron chi connectivity index (χ1n) is 8.70. The summed E-state index contributed by atoms with van der Waals surface area (Å²) in [5.74, 6) is -0.0458. The van der Waals surface area contributed by atoms with E-state index in [1.807, 2.05) is 13.8 Å². The number of nitrogens with zero attached hydrogens (tertiary/aromatic N) is 1. The largest absolute Gasteiger partial charge is 0.353 e. The molecule has 136 valence electrons. The Morgan fingerprint density at radius 1 is 1.35 bits per heavy atom. The van der Waals surface area contributed by atoms with Crippen molar-refractivity contribution in [2.24, 2.45) is 11.7 Å². The molecule has 5 nitrogen and oxygen atoms in total. The average Bonchev–Trinajstić information content (AvgIpc) is 2.46. The molecule has 1 aliphatic heterocycles. The van der Waals surface area contributed by atoms with Gasteiger partial charge in [0.05, 0.1) is 11.5 Å². The van der Waals surface area contributed by atoms with E-state index in [0.29, 0.717) is 19.5 Å². The Hall–Kier alpha value is -0.810. The molecule has 0 bridgehead atoms. The molecule has 3 N–H and O–H groups in total. The van der Waals surface area contributed by atoms with Crippen molar-refractivity contribution in [1.82, 2.24) is 10.2 Å². The maximum atomic E-state index is 12.6. The maximum Gasteiger partial charge on any atom is 0.242 e. The Balaban J connectivity index is 0.00000484. The van der Waals surface area contributed by atoms with Crippen LogP contribution < -0.4 is 11.1 Å². The zero-order chi connectivity index (χ0) is 16.8. The van der Waals surface area contributed by atoms with Crippen molar-refractivity contribution in [2.45, 2.75) is 77.8 Å². The van der Waals surface area contributed by atoms with E-state index in [-0.39, 0.29) is 36.2 Å². The summed E-state index contributed by atoms with van der Waals surface area (Å²) >= 11 is 0. The first-order valence-corrected chi connectivity index (χ1v) is 8.70. The van der Waals surface area contributed by atoms with E-state index in [4.69, 9.17) is 5.73 Å². The summed E-state index contributed by atoms with van der Waals surface area (Å²) < 4.78 is 0. The van der Waals surface area contributed by atoms with E-state index in [9.17, 15) is 9.59 Å². The second kappa shape index (κ2) is 10.1. The highest BCUT2D eigenvalue weighted by Gasteiger charge is 2.36. The van der Waals surface area contributed by atoms with Gasteiger partial charge in [0.15, 0.2) is 0 Å². The van der Waals surface area contributed by atoms with Gasteiger partial charge in [-0.1, -0.05) is 26.7 Å². The molecule has 3 unspecified atom stereocenters. The Kier molecular flexibility index (Phi) is 9.78. The lowest BCUT2D eigenvalue weighted by molar-refractivity contribution is -0.140. The minimum atomic E-state index is -0.817. The van der Waals surface area contributed by atoms with E-state index >= 15 is 0 Å². The van der Waals surface area contributed by atoms with Crippen molar-refractivity contribution in [3.05, 3.63) is 0 Å². The molecule has 2 amide bonds. The van der Waals surface area contributed by atoms with Crippen LogP contribution in [0.15, 0.2) is 0 Å². The van der Waals surface area contributed by atoms with Crippen LogP contribution in [0, 0.1) is 5.92 Å². The summed E-state index contributed by atoms with van der Waals surface area (Å²) in [5, 5.41) is 3.07. The average molecular weight is 348 g/mol. The molecular weight excluding hydrogens is 314 g/mol. The molecular formula is C17H34ClN3O2. The standard InChI is InChI=1S/C17H33N3O2.ClH/c1-5-8-13(3)19-15(21)14-9-7-11-20(12-14)16(22)17(4,18)10-6-2;/h13-14H,5-12,18H2,1-4H3,(H,19,21);1H. The summed E-state index contributed by atoms with van der Waals surface area (Å²) in [7, 11) is 0. The highest BCUT2D eigenvalue weighted by molar-refractivity contribution is 5.87. The monoisotopic (exact) mass is 347 g/mol. The first kappa shape index (κ1) is 22.2. The lowest BCUT2D eigenvalue weighted by atomic mass is 9.91. The molecule has 0 aromatic rings. The van der Waals surface area contributed by atoms with Gasteiger partial charge < -0.3 is 16.0 Å². The van der Waals surface area contributed by atoms with Crippen LogP contribution in [0.4, 0.5) is 0 Å². The molecule has 1 fully saturated rings. The summed E-state index contributed by atoms with van der Waals surface area (Å²) in [4.78, 5) is 26.7. The number of carbonyl (C=O) groups is 2. The SMILES string of the molecule is CCCC(C)NC(=O)C1CCCN(C(=O)C(C)(N)CCC)C1.Cl. The molecule has 1 saturated heterocycles. The van der Waals surface area contributed by atoms with Crippen molar-refractivity contribution in [3.63, 3.8) is 0 Å². The van der Waals surface area contributed by atoms with Crippen LogP contribution in [0.1, 0.15) is 66.2 Å². The van der Waals surface area contributed by atoms with Crippen LogP contribution in [0.3, 0.4) is 0 Å². The Bertz CT molecular complexity index is 388. The summed E-state index contributed by atoms with van der Waals surface area (Å²) in [6.07, 6.45) is 5.31. The normalized spacial score (nSPS) is 21.8. The molecule has 6 heteroatoms. The maximum absolute atomic E-state index is 12.6. The predicted octanol–water partition coefficient (Wildman–Crippen LogP) is 2.47. The minimum absolute atomic E-state index is 0. The minimum Gasteiger partial charge on any atom is -0.353 e. The predicted molar refractivity (Wildman–Crippen MR) is 96.6 cm³/mol. The number of hydrogen-bond acceptors (Lipinski definition) is 3. The van der Waals surface area contributed by atoms with Crippen LogP contribution in [-0.2, 0) is 9.59 Å². The third kappa shape index (κ3) is 6.68. The van der Waals surface area contributed by atoms with Crippen LogP contribution >= 0.6 is 12.4 Å². The van der Waals surface area contributed by atoms with E-state index in [0.717, 1.165) is 32.1 Å². The molecule has 23 heavy (non-hydrogen) atoms. The van der Waals surface area contributed by atoms with E-state index in [1.54, 1.807) is 11.8 Å². The summed E-state index contributed by atoms with van der Waals surface area (Å²) in [6, 6.07) is 0.198. The van der Waals surface area contributed by atoms with Gasteiger partial charge in [-0.25, -0.2) is 0 Å². The third-order valence-corrected chi connectivity index (χ3v) is 4.45. The van der Waals surface area contributed by atoms with Gasteiger partial charge in [-0.05, 0) is 39.5 Å². The number of rotatable bonds is 7. The number of piperidine rings is 1. The molecule has 1 aliphatic rings. The zero-order valence-corrected chi connectivity index (χ0v) is 15.9. The van der Waals surface area contributed by atoms with Gasteiger partial charge in [0, 0.05) is 19.1 Å². The van der Waals surface area contributed by atoms with E-state index in [2.05, 4.69) is 12.2 Å². The fourth-order valence-electron chi connectivity index (χ4n) is 3.23. The smallest absolute Gasteiger partial charge is 0.242 e. The first-order chi connectivity index (χ1) is 10.3. The van der Waals surface area contributed by atoms with Gasteiger partial charge in [0.1, 0.15) is 0 Å². The van der Waals surface area contributed by atoms with Gasteiger partial charge >= 0.3 is 0 Å². The second-order valence-corrected chi connectivity index (χ2v) is 6.96. The van der Waals surface area contributed by atoms with Crippen molar-refractivity contribution in [1.29, 1.82) is 0 Å². The molecule has 3 atom stereocenters. The van der Waals surface area contributed by atoms with Gasteiger partial charge in [-0.15, -0.1) is 12.4 Å². The zero-order valence-electron chi connectivity index (χ0n) is 15.1. The molecule has 1 rings (SSSR count). The Morgan fingerprint density at radius 3 is 2.57 bits per heavy atom. The highest BCUT2D eigenvalue weighted by atomic mass is 35.5. The number of amides is 2. The number of carbonyl (C=O) groups excluding carboxylic acids is 2. The topological polar surface area (TPSA) is 75.4 Å². The molecule has 0 radical (unpaired) electrons. The van der Waals surface area contributed by atoms with E-state index in [1.165, 1.54) is 0 Å². The quantitative estimate of drug-likeness (QED) is 0.742. The number of likely N-dealkylation sites (tertiary alicyclic amines) is 1. The summed E-state index contributed by atoms with van der Waals surface area (Å²) in [5.41, 5.74) is 5.33. The Morgan fingerprint density at radius 2 is 2.00 bits per heavy atom. The highest BCUT2D eigenvalue weighted by Crippen LogP contribution is 2.21. The number of nitrogens with two attached hydrogens (primary N) is 1. The van der Waals surface area contributed by atoms with Crippen molar-refractivity contribution >= 4 is 24.2 Å². The lowest BCUT2D eigenvalue weighted by Gasteiger charge is -2.37. The van der Waals surface area contributed by atoms with Crippen molar-refractivity contribution in [2.75, 3.05) is 13.1 Å². The molecule has 0 aromatic heterocycles.